The lowest BCUT2D eigenvalue weighted by Crippen LogP contribution is -2.28. The van der Waals surface area contributed by atoms with Gasteiger partial charge in [0.25, 0.3) is 0 Å². The van der Waals surface area contributed by atoms with E-state index in [0.717, 1.165) is 0 Å². The summed E-state index contributed by atoms with van der Waals surface area (Å²) in [6.45, 7) is 1.72. The molecule has 0 aliphatic carbocycles. The summed E-state index contributed by atoms with van der Waals surface area (Å²) in [7, 11) is 0. The van der Waals surface area contributed by atoms with E-state index < -0.39 is 0 Å². The Balaban J connectivity index is 2.54. The zero-order chi connectivity index (χ0) is 9.68. The molecule has 0 radical (unpaired) electrons. The average molecular weight is 182 g/mol. The van der Waals surface area contributed by atoms with Gasteiger partial charge in [-0.1, -0.05) is 19.1 Å². The third-order valence-corrected chi connectivity index (χ3v) is 1.53. The summed E-state index contributed by atoms with van der Waals surface area (Å²) in [5, 5.41) is 0. The minimum Gasteiger partial charge on any atom is -0.296 e. The van der Waals surface area contributed by atoms with Crippen LogP contribution >= 0.6 is 0 Å². The number of carbonyl (C=O) groups excluding carboxylic acids is 1. The lowest BCUT2D eigenvalue weighted by molar-refractivity contribution is -0.120. The van der Waals surface area contributed by atoms with Gasteiger partial charge in [-0.25, -0.2) is 4.39 Å². The van der Waals surface area contributed by atoms with E-state index >= 15 is 0 Å². The Kier molecular flexibility index (Phi) is 3.25. The van der Waals surface area contributed by atoms with Crippen LogP contribution in [0, 0.1) is 5.82 Å². The first kappa shape index (κ1) is 9.51. The summed E-state index contributed by atoms with van der Waals surface area (Å²) in [6, 6.07) is 6.14. The van der Waals surface area contributed by atoms with E-state index in [4.69, 9.17) is 0 Å². The van der Waals surface area contributed by atoms with E-state index in [-0.39, 0.29) is 17.4 Å². The Morgan fingerprint density at radius 1 is 1.46 bits per heavy atom. The summed E-state index contributed by atoms with van der Waals surface area (Å²) in [4.78, 5) is 10.8. The molecule has 1 aromatic rings. The van der Waals surface area contributed by atoms with Crippen LogP contribution in [0.5, 0.6) is 0 Å². The molecule has 0 saturated heterocycles. The molecule has 3 nitrogen and oxygen atoms in total. The van der Waals surface area contributed by atoms with Crippen LogP contribution in [0.3, 0.4) is 0 Å². The SMILES string of the molecule is CCC(=O)NNc1ccccc1F. The molecule has 0 unspecified atom stereocenters. The highest BCUT2D eigenvalue weighted by atomic mass is 19.1. The predicted molar refractivity (Wildman–Crippen MR) is 48.5 cm³/mol. The first-order valence-electron chi connectivity index (χ1n) is 4.03. The molecule has 2 N–H and O–H groups in total. The number of carbonyl (C=O) groups is 1. The van der Waals surface area contributed by atoms with Crippen LogP contribution in [-0.4, -0.2) is 5.91 Å². The summed E-state index contributed by atoms with van der Waals surface area (Å²) in [6.07, 6.45) is 0.363. The third kappa shape index (κ3) is 2.74. The minimum atomic E-state index is -0.390. The molecule has 13 heavy (non-hydrogen) atoms. The molecule has 0 saturated carbocycles. The Bertz CT molecular complexity index is 301. The fraction of sp³-hybridized carbons (Fsp3) is 0.222. The molecule has 4 heteroatoms. The Morgan fingerprint density at radius 3 is 2.77 bits per heavy atom. The van der Waals surface area contributed by atoms with Crippen molar-refractivity contribution in [3.8, 4) is 0 Å². The van der Waals surface area contributed by atoms with Gasteiger partial charge in [0.05, 0.1) is 5.69 Å². The van der Waals surface area contributed by atoms with Gasteiger partial charge < -0.3 is 0 Å². The number of hydrazine groups is 1. The average Bonchev–Trinajstić information content (AvgIpc) is 2.16. The largest absolute Gasteiger partial charge is 0.296 e. The molecule has 0 aromatic heterocycles. The molecule has 0 bridgehead atoms. The summed E-state index contributed by atoms with van der Waals surface area (Å²) < 4.78 is 12.9. The van der Waals surface area contributed by atoms with E-state index in [0.29, 0.717) is 6.42 Å². The number of benzene rings is 1. The number of hydrogen-bond donors (Lipinski definition) is 2. The lowest BCUT2D eigenvalue weighted by Gasteiger charge is -2.07. The van der Waals surface area contributed by atoms with Crippen LogP contribution in [0.15, 0.2) is 24.3 Å². The number of rotatable bonds is 3. The molecule has 70 valence electrons. The van der Waals surface area contributed by atoms with Gasteiger partial charge in [-0.15, -0.1) is 0 Å². The normalized spacial score (nSPS) is 9.38. The molecule has 0 fully saturated rings. The molecule has 0 aliphatic rings. The number of halogens is 1. The van der Waals surface area contributed by atoms with Crippen LogP contribution < -0.4 is 10.9 Å². The summed E-state index contributed by atoms with van der Waals surface area (Å²) >= 11 is 0. The highest BCUT2D eigenvalue weighted by Gasteiger charge is 2.00. The van der Waals surface area contributed by atoms with Gasteiger partial charge in [0, 0.05) is 6.42 Å². The van der Waals surface area contributed by atoms with Crippen molar-refractivity contribution in [3.63, 3.8) is 0 Å². The summed E-state index contributed by atoms with van der Waals surface area (Å²) in [5.74, 6) is -0.567. The first-order chi connectivity index (χ1) is 6.24. The number of hydrogen-bond acceptors (Lipinski definition) is 2. The van der Waals surface area contributed by atoms with Crippen molar-refractivity contribution < 1.29 is 9.18 Å². The quantitative estimate of drug-likeness (QED) is 0.698. The van der Waals surface area contributed by atoms with Gasteiger partial charge >= 0.3 is 0 Å². The zero-order valence-corrected chi connectivity index (χ0v) is 7.30. The number of nitrogens with one attached hydrogen (secondary N) is 2. The second kappa shape index (κ2) is 4.45. The van der Waals surface area contributed by atoms with E-state index in [1.165, 1.54) is 6.07 Å². The highest BCUT2D eigenvalue weighted by Crippen LogP contribution is 2.10. The Hall–Kier alpha value is -1.58. The van der Waals surface area contributed by atoms with Crippen LogP contribution in [0.1, 0.15) is 13.3 Å². The van der Waals surface area contributed by atoms with Crippen LogP contribution in [0.25, 0.3) is 0 Å². The monoisotopic (exact) mass is 182 g/mol. The highest BCUT2D eigenvalue weighted by molar-refractivity contribution is 5.76. The van der Waals surface area contributed by atoms with E-state index in [2.05, 4.69) is 10.9 Å². The Labute approximate surface area is 75.9 Å². The first-order valence-corrected chi connectivity index (χ1v) is 4.03. The van der Waals surface area contributed by atoms with Crippen molar-refractivity contribution >= 4 is 11.6 Å². The minimum absolute atomic E-state index is 0.178. The molecule has 1 amide bonds. The third-order valence-electron chi connectivity index (χ3n) is 1.53. The van der Waals surface area contributed by atoms with Crippen LogP contribution in [-0.2, 0) is 4.79 Å². The molecule has 1 rings (SSSR count). The van der Waals surface area contributed by atoms with Gasteiger partial charge in [-0.05, 0) is 12.1 Å². The van der Waals surface area contributed by atoms with Crippen LogP contribution in [0.4, 0.5) is 10.1 Å². The van der Waals surface area contributed by atoms with Gasteiger partial charge in [-0.2, -0.15) is 0 Å². The van der Waals surface area contributed by atoms with Gasteiger partial charge in [0.2, 0.25) is 5.91 Å². The molecule has 0 atom stereocenters. The van der Waals surface area contributed by atoms with Crippen molar-refractivity contribution in [2.24, 2.45) is 0 Å². The van der Waals surface area contributed by atoms with Gasteiger partial charge in [-0.3, -0.25) is 15.6 Å². The fourth-order valence-corrected chi connectivity index (χ4v) is 0.788. The molecule has 0 heterocycles. The van der Waals surface area contributed by atoms with Crippen molar-refractivity contribution in [2.45, 2.75) is 13.3 Å². The standard InChI is InChI=1S/C9H11FN2O/c1-2-9(13)12-11-8-6-4-3-5-7(8)10/h3-6,11H,2H2,1H3,(H,12,13). The van der Waals surface area contributed by atoms with E-state index in [1.807, 2.05) is 0 Å². The Morgan fingerprint density at radius 2 is 2.15 bits per heavy atom. The number of para-hydroxylation sites is 1. The zero-order valence-electron chi connectivity index (χ0n) is 7.30. The molecule has 0 aliphatic heterocycles. The van der Waals surface area contributed by atoms with Crippen LogP contribution in [0.2, 0.25) is 0 Å². The molecule has 1 aromatic carbocycles. The number of amides is 1. The smallest absolute Gasteiger partial charge is 0.238 e. The van der Waals surface area contributed by atoms with Crippen molar-refractivity contribution in [1.82, 2.24) is 5.43 Å². The molecular weight excluding hydrogens is 171 g/mol. The maximum absolute atomic E-state index is 12.9. The predicted octanol–water partition coefficient (Wildman–Crippen LogP) is 1.68. The van der Waals surface area contributed by atoms with Gasteiger partial charge in [0.1, 0.15) is 5.82 Å². The second-order valence-corrected chi connectivity index (χ2v) is 2.51. The van der Waals surface area contributed by atoms with Gasteiger partial charge in [0.15, 0.2) is 0 Å². The van der Waals surface area contributed by atoms with Crippen molar-refractivity contribution in [2.75, 3.05) is 5.43 Å². The molecular formula is C9H11FN2O. The lowest BCUT2D eigenvalue weighted by atomic mass is 10.3. The maximum Gasteiger partial charge on any atom is 0.238 e. The van der Waals surface area contributed by atoms with E-state index in [9.17, 15) is 9.18 Å². The van der Waals surface area contributed by atoms with Crippen molar-refractivity contribution in [1.29, 1.82) is 0 Å². The van der Waals surface area contributed by atoms with Crippen molar-refractivity contribution in [3.05, 3.63) is 30.1 Å². The maximum atomic E-state index is 12.9. The topological polar surface area (TPSA) is 41.1 Å². The van der Waals surface area contributed by atoms with E-state index in [1.54, 1.807) is 25.1 Å². The fourth-order valence-electron chi connectivity index (χ4n) is 0.788. The summed E-state index contributed by atoms with van der Waals surface area (Å²) in [5.41, 5.74) is 5.12. The second-order valence-electron chi connectivity index (χ2n) is 2.51. The molecule has 0 spiro atoms. The number of anilines is 1.